The first-order valence-electron chi connectivity index (χ1n) is 3.97. The highest BCUT2D eigenvalue weighted by Crippen LogP contribution is 2.20. The highest BCUT2D eigenvalue weighted by molar-refractivity contribution is 5.22. The van der Waals surface area contributed by atoms with E-state index in [1.54, 1.807) is 0 Å². The summed E-state index contributed by atoms with van der Waals surface area (Å²) >= 11 is 0. The molecule has 1 atom stereocenters. The summed E-state index contributed by atoms with van der Waals surface area (Å²) in [7, 11) is 0. The Balaban J connectivity index is 2.63. The maximum atomic E-state index is 8.94. The van der Waals surface area contributed by atoms with Crippen molar-refractivity contribution >= 4 is 0 Å². The zero-order valence-corrected chi connectivity index (χ0v) is 6.66. The molecule has 0 spiro atoms. The van der Waals surface area contributed by atoms with E-state index in [2.05, 4.69) is 18.7 Å². The summed E-state index contributed by atoms with van der Waals surface area (Å²) in [4.78, 5) is 0. The van der Waals surface area contributed by atoms with E-state index in [4.69, 9.17) is 5.11 Å². The number of rotatable bonds is 3. The minimum Gasteiger partial charge on any atom is -0.395 e. The van der Waals surface area contributed by atoms with Crippen LogP contribution in [0.25, 0.3) is 0 Å². The lowest BCUT2D eigenvalue weighted by Gasteiger charge is -2.14. The molecule has 0 amide bonds. The fraction of sp³-hybridized carbons (Fsp3) is 0.400. The smallest absolute Gasteiger partial charge is 0.0531 e. The number of aliphatic hydroxyl groups excluding tert-OH is 1. The zero-order valence-electron chi connectivity index (χ0n) is 6.66. The Morgan fingerprint density at radius 2 is 2.55 bits per heavy atom. The molecule has 0 aliphatic heterocycles. The van der Waals surface area contributed by atoms with Crippen molar-refractivity contribution in [3.05, 3.63) is 36.5 Å². The number of hydrogen-bond acceptors (Lipinski definition) is 1. The van der Waals surface area contributed by atoms with E-state index in [0.29, 0.717) is 0 Å². The van der Waals surface area contributed by atoms with Gasteiger partial charge in [0, 0.05) is 5.92 Å². The lowest BCUT2D eigenvalue weighted by Crippen LogP contribution is -2.06. The van der Waals surface area contributed by atoms with Crippen LogP contribution in [0.5, 0.6) is 0 Å². The monoisotopic (exact) mass is 150 g/mol. The molecule has 0 radical (unpaired) electrons. The van der Waals surface area contributed by atoms with Gasteiger partial charge in [-0.05, 0) is 12.8 Å². The summed E-state index contributed by atoms with van der Waals surface area (Å²) in [6.07, 6.45) is 10.2. The Hall–Kier alpha value is -0.820. The minimum absolute atomic E-state index is 0.167. The van der Waals surface area contributed by atoms with Gasteiger partial charge < -0.3 is 5.11 Å². The topological polar surface area (TPSA) is 20.2 Å². The van der Waals surface area contributed by atoms with Gasteiger partial charge in [-0.25, -0.2) is 0 Å². The molecule has 1 heteroatoms. The van der Waals surface area contributed by atoms with Crippen molar-refractivity contribution in [3.8, 4) is 0 Å². The normalized spacial score (nSPS) is 19.2. The fourth-order valence-electron chi connectivity index (χ4n) is 1.27. The van der Waals surface area contributed by atoms with E-state index in [9.17, 15) is 0 Å². The molecular formula is C10H14O. The highest BCUT2D eigenvalue weighted by Gasteiger charge is 2.08. The van der Waals surface area contributed by atoms with Gasteiger partial charge >= 0.3 is 0 Å². The molecule has 0 aromatic carbocycles. The molecule has 0 aromatic rings. The summed E-state index contributed by atoms with van der Waals surface area (Å²) in [5.41, 5.74) is 1.30. The van der Waals surface area contributed by atoms with Gasteiger partial charge in [0.1, 0.15) is 0 Å². The Morgan fingerprint density at radius 1 is 1.73 bits per heavy atom. The largest absolute Gasteiger partial charge is 0.395 e. The molecule has 1 unspecified atom stereocenters. The molecule has 60 valence electrons. The predicted molar refractivity (Wildman–Crippen MR) is 47.2 cm³/mol. The third-order valence-corrected chi connectivity index (χ3v) is 2.00. The second-order valence-corrected chi connectivity index (χ2v) is 2.73. The van der Waals surface area contributed by atoms with Crippen LogP contribution < -0.4 is 0 Å². The predicted octanol–water partition coefficient (Wildman–Crippen LogP) is 2.06. The Labute approximate surface area is 67.7 Å². The summed E-state index contributed by atoms with van der Waals surface area (Å²) in [5.74, 6) is 0.167. The third kappa shape index (κ3) is 2.05. The Kier molecular flexibility index (Phi) is 3.12. The van der Waals surface area contributed by atoms with Crippen LogP contribution in [-0.4, -0.2) is 11.7 Å². The summed E-state index contributed by atoms with van der Waals surface area (Å²) in [6.45, 7) is 3.87. The molecule has 0 saturated heterocycles. The molecule has 0 aromatic heterocycles. The first kappa shape index (κ1) is 8.28. The van der Waals surface area contributed by atoms with Crippen molar-refractivity contribution in [3.63, 3.8) is 0 Å². The average molecular weight is 150 g/mol. The van der Waals surface area contributed by atoms with Crippen molar-refractivity contribution in [2.24, 2.45) is 5.92 Å². The van der Waals surface area contributed by atoms with Gasteiger partial charge in [-0.15, -0.1) is 6.58 Å². The van der Waals surface area contributed by atoms with E-state index in [-0.39, 0.29) is 12.5 Å². The first-order valence-corrected chi connectivity index (χ1v) is 3.97. The van der Waals surface area contributed by atoms with Gasteiger partial charge in [0.2, 0.25) is 0 Å². The molecule has 0 saturated carbocycles. The maximum Gasteiger partial charge on any atom is 0.0531 e. The second-order valence-electron chi connectivity index (χ2n) is 2.73. The van der Waals surface area contributed by atoms with Crippen LogP contribution in [0.1, 0.15) is 12.8 Å². The van der Waals surface area contributed by atoms with E-state index >= 15 is 0 Å². The van der Waals surface area contributed by atoms with E-state index in [1.165, 1.54) is 5.57 Å². The molecule has 0 fully saturated rings. The second kappa shape index (κ2) is 4.14. The van der Waals surface area contributed by atoms with Crippen molar-refractivity contribution in [1.29, 1.82) is 0 Å². The van der Waals surface area contributed by atoms with Crippen LogP contribution in [0.15, 0.2) is 36.5 Å². The van der Waals surface area contributed by atoms with Crippen molar-refractivity contribution < 1.29 is 5.11 Å². The highest BCUT2D eigenvalue weighted by atomic mass is 16.3. The minimum atomic E-state index is 0.167. The van der Waals surface area contributed by atoms with Gasteiger partial charge in [-0.1, -0.05) is 29.9 Å². The summed E-state index contributed by atoms with van der Waals surface area (Å²) < 4.78 is 0. The third-order valence-electron chi connectivity index (χ3n) is 2.00. The Morgan fingerprint density at radius 3 is 3.00 bits per heavy atom. The summed E-state index contributed by atoms with van der Waals surface area (Å²) in [6, 6.07) is 0. The number of allylic oxidation sites excluding steroid dienone is 3. The molecule has 1 aliphatic rings. The Bertz CT molecular complexity index is 189. The van der Waals surface area contributed by atoms with E-state index in [0.717, 1.165) is 12.8 Å². The van der Waals surface area contributed by atoms with Crippen LogP contribution >= 0.6 is 0 Å². The average Bonchev–Trinajstić information content (AvgIpc) is 2.09. The van der Waals surface area contributed by atoms with E-state index < -0.39 is 0 Å². The van der Waals surface area contributed by atoms with Gasteiger partial charge in [0.25, 0.3) is 0 Å². The lowest BCUT2D eigenvalue weighted by atomic mass is 9.93. The van der Waals surface area contributed by atoms with Crippen molar-refractivity contribution in [2.75, 3.05) is 6.61 Å². The van der Waals surface area contributed by atoms with Crippen LogP contribution in [-0.2, 0) is 0 Å². The molecule has 11 heavy (non-hydrogen) atoms. The fourth-order valence-corrected chi connectivity index (χ4v) is 1.27. The van der Waals surface area contributed by atoms with E-state index in [1.807, 2.05) is 12.2 Å². The number of aliphatic hydroxyl groups is 1. The number of hydrogen-bond donors (Lipinski definition) is 1. The molecule has 1 nitrogen and oxygen atoms in total. The van der Waals surface area contributed by atoms with Crippen molar-refractivity contribution in [2.45, 2.75) is 12.8 Å². The van der Waals surface area contributed by atoms with Crippen LogP contribution in [0, 0.1) is 5.92 Å². The van der Waals surface area contributed by atoms with Gasteiger partial charge in [-0.2, -0.15) is 0 Å². The van der Waals surface area contributed by atoms with Crippen molar-refractivity contribution in [1.82, 2.24) is 0 Å². The molecule has 1 N–H and O–H groups in total. The van der Waals surface area contributed by atoms with Gasteiger partial charge in [0.05, 0.1) is 6.61 Å². The molecule has 0 bridgehead atoms. The standard InChI is InChI=1S/C10H14O/c1-2-9(8-11)10-6-4-3-5-7-10/h2-4,6,9,11H,1,5,7-8H2. The SMILES string of the molecule is C=CC(CO)C1=CC=CCC1. The zero-order chi connectivity index (χ0) is 8.10. The molecule has 1 aliphatic carbocycles. The van der Waals surface area contributed by atoms with Crippen LogP contribution in [0.2, 0.25) is 0 Å². The molecular weight excluding hydrogens is 136 g/mol. The quantitative estimate of drug-likeness (QED) is 0.610. The first-order chi connectivity index (χ1) is 5.38. The summed E-state index contributed by atoms with van der Waals surface area (Å²) in [5, 5.41) is 8.94. The molecule has 1 rings (SSSR count). The maximum absolute atomic E-state index is 8.94. The van der Waals surface area contributed by atoms with Crippen LogP contribution in [0.3, 0.4) is 0 Å². The lowest BCUT2D eigenvalue weighted by molar-refractivity contribution is 0.267. The van der Waals surface area contributed by atoms with Gasteiger partial charge in [0.15, 0.2) is 0 Å². The molecule has 0 heterocycles. The van der Waals surface area contributed by atoms with Crippen LogP contribution in [0.4, 0.5) is 0 Å². The van der Waals surface area contributed by atoms with Gasteiger partial charge in [-0.3, -0.25) is 0 Å².